The summed E-state index contributed by atoms with van der Waals surface area (Å²) in [4.78, 5) is 11.3. The van der Waals surface area contributed by atoms with E-state index in [1.165, 1.54) is 24.7 Å². The molecule has 2 aromatic heterocycles. The lowest BCUT2D eigenvalue weighted by Gasteiger charge is -2.08. The Hall–Kier alpha value is -0.770. The molecular formula is C9H5Br2ClN4O2S. The van der Waals surface area contributed by atoms with Crippen molar-refractivity contribution in [3.63, 3.8) is 0 Å². The SMILES string of the molecule is O=S(=O)(Nc1cnc(Br)cn1)c1cc(Br)cnc1Cl. The zero-order chi connectivity index (χ0) is 14.0. The van der Waals surface area contributed by atoms with Crippen molar-refractivity contribution in [2.24, 2.45) is 0 Å². The van der Waals surface area contributed by atoms with Gasteiger partial charge in [0.15, 0.2) is 5.82 Å². The van der Waals surface area contributed by atoms with Crippen LogP contribution >= 0.6 is 43.5 Å². The molecule has 100 valence electrons. The van der Waals surface area contributed by atoms with Crippen LogP contribution in [-0.2, 0) is 10.0 Å². The topological polar surface area (TPSA) is 84.8 Å². The third-order valence-corrected chi connectivity index (χ3v) is 4.55. The highest BCUT2D eigenvalue weighted by molar-refractivity contribution is 9.10. The van der Waals surface area contributed by atoms with Gasteiger partial charge in [0.2, 0.25) is 0 Å². The number of nitrogens with one attached hydrogen (secondary N) is 1. The molecule has 0 aliphatic rings. The standard InChI is InChI=1S/C9H5Br2ClN4O2S/c10-5-1-6(9(12)15-2-5)19(17,18)16-8-4-13-7(11)3-14-8/h1-4H,(H,14,16). The molecule has 0 radical (unpaired) electrons. The Balaban J connectivity index is 2.37. The van der Waals surface area contributed by atoms with E-state index in [2.05, 4.69) is 51.5 Å². The molecule has 0 amide bonds. The van der Waals surface area contributed by atoms with Crippen LogP contribution in [0, 0.1) is 0 Å². The summed E-state index contributed by atoms with van der Waals surface area (Å²) in [6.45, 7) is 0. The summed E-state index contributed by atoms with van der Waals surface area (Å²) in [7, 11) is -3.87. The molecule has 0 aromatic carbocycles. The van der Waals surface area contributed by atoms with E-state index in [9.17, 15) is 8.42 Å². The van der Waals surface area contributed by atoms with E-state index in [-0.39, 0.29) is 15.9 Å². The predicted octanol–water partition coefficient (Wildman–Crippen LogP) is 2.85. The third kappa shape index (κ3) is 3.62. The van der Waals surface area contributed by atoms with Crippen molar-refractivity contribution in [3.05, 3.63) is 38.9 Å². The van der Waals surface area contributed by atoms with Gasteiger partial charge in [-0.1, -0.05) is 11.6 Å². The van der Waals surface area contributed by atoms with Crippen LogP contribution in [0.4, 0.5) is 5.82 Å². The van der Waals surface area contributed by atoms with Crippen LogP contribution in [-0.4, -0.2) is 23.4 Å². The highest BCUT2D eigenvalue weighted by atomic mass is 79.9. The Morgan fingerprint density at radius 2 is 1.84 bits per heavy atom. The highest BCUT2D eigenvalue weighted by Crippen LogP contribution is 2.24. The Labute approximate surface area is 130 Å². The Morgan fingerprint density at radius 1 is 1.11 bits per heavy atom. The van der Waals surface area contributed by atoms with Gasteiger partial charge in [0.1, 0.15) is 14.7 Å². The van der Waals surface area contributed by atoms with Crippen LogP contribution in [0.1, 0.15) is 0 Å². The van der Waals surface area contributed by atoms with Gasteiger partial charge >= 0.3 is 0 Å². The second-order valence-electron chi connectivity index (χ2n) is 3.27. The van der Waals surface area contributed by atoms with E-state index < -0.39 is 10.0 Å². The maximum atomic E-state index is 12.1. The first kappa shape index (κ1) is 14.6. The van der Waals surface area contributed by atoms with E-state index in [0.29, 0.717) is 9.08 Å². The van der Waals surface area contributed by atoms with Crippen LogP contribution in [0.2, 0.25) is 5.15 Å². The molecule has 2 aromatic rings. The number of nitrogens with zero attached hydrogens (tertiary/aromatic N) is 3. The Kier molecular flexibility index (Phi) is 4.39. The maximum Gasteiger partial charge on any atom is 0.266 e. The number of hydrogen-bond donors (Lipinski definition) is 1. The maximum absolute atomic E-state index is 12.1. The summed E-state index contributed by atoms with van der Waals surface area (Å²) in [6, 6.07) is 1.35. The molecule has 0 aliphatic carbocycles. The summed E-state index contributed by atoms with van der Waals surface area (Å²) >= 11 is 12.0. The highest BCUT2D eigenvalue weighted by Gasteiger charge is 2.20. The number of anilines is 1. The lowest BCUT2D eigenvalue weighted by molar-refractivity contribution is 0.600. The molecule has 2 heterocycles. The van der Waals surface area contributed by atoms with Gasteiger partial charge in [-0.2, -0.15) is 0 Å². The number of aromatic nitrogens is 3. The summed E-state index contributed by atoms with van der Waals surface area (Å²) in [6.07, 6.45) is 4.06. The third-order valence-electron chi connectivity index (χ3n) is 1.92. The van der Waals surface area contributed by atoms with Gasteiger partial charge in [-0.15, -0.1) is 0 Å². The molecule has 1 N–H and O–H groups in total. The van der Waals surface area contributed by atoms with Crippen molar-refractivity contribution in [1.29, 1.82) is 0 Å². The van der Waals surface area contributed by atoms with Crippen LogP contribution in [0.3, 0.4) is 0 Å². The first-order chi connectivity index (χ1) is 8.88. The van der Waals surface area contributed by atoms with Gasteiger partial charge < -0.3 is 0 Å². The summed E-state index contributed by atoms with van der Waals surface area (Å²) in [5.41, 5.74) is 0. The average molecular weight is 428 g/mol. The zero-order valence-corrected chi connectivity index (χ0v) is 13.8. The smallest absolute Gasteiger partial charge is 0.262 e. The van der Waals surface area contributed by atoms with Crippen molar-refractivity contribution in [2.75, 3.05) is 4.72 Å². The van der Waals surface area contributed by atoms with Gasteiger partial charge in [0.05, 0.1) is 12.4 Å². The lowest BCUT2D eigenvalue weighted by atomic mass is 10.5. The van der Waals surface area contributed by atoms with E-state index in [0.717, 1.165) is 0 Å². The van der Waals surface area contributed by atoms with Crippen molar-refractivity contribution >= 4 is 59.3 Å². The van der Waals surface area contributed by atoms with E-state index >= 15 is 0 Å². The minimum absolute atomic E-state index is 0.0826. The average Bonchev–Trinajstić information content (AvgIpc) is 2.35. The van der Waals surface area contributed by atoms with Crippen molar-refractivity contribution in [3.8, 4) is 0 Å². The normalized spacial score (nSPS) is 11.3. The minimum atomic E-state index is -3.87. The molecule has 0 atom stereocenters. The molecule has 0 spiro atoms. The van der Waals surface area contributed by atoms with Gasteiger partial charge in [-0.3, -0.25) is 4.72 Å². The fraction of sp³-hybridized carbons (Fsp3) is 0. The van der Waals surface area contributed by atoms with E-state index in [4.69, 9.17) is 11.6 Å². The van der Waals surface area contributed by atoms with Crippen molar-refractivity contribution in [1.82, 2.24) is 15.0 Å². The molecule has 10 heteroatoms. The molecule has 0 bridgehead atoms. The number of hydrogen-bond acceptors (Lipinski definition) is 5. The number of halogens is 3. The van der Waals surface area contributed by atoms with Crippen LogP contribution in [0.15, 0.2) is 38.6 Å². The van der Waals surface area contributed by atoms with Gasteiger partial charge in [0.25, 0.3) is 10.0 Å². The first-order valence-electron chi connectivity index (χ1n) is 4.70. The molecule has 0 fully saturated rings. The summed E-state index contributed by atoms with van der Waals surface area (Å²) in [5, 5.41) is -0.124. The Bertz CT molecular complexity index is 709. The fourth-order valence-corrected chi connectivity index (χ4v) is 3.29. The first-order valence-corrected chi connectivity index (χ1v) is 8.14. The lowest BCUT2D eigenvalue weighted by Crippen LogP contribution is -2.15. The van der Waals surface area contributed by atoms with Crippen LogP contribution < -0.4 is 4.72 Å². The molecule has 0 saturated heterocycles. The quantitative estimate of drug-likeness (QED) is 0.760. The largest absolute Gasteiger partial charge is 0.266 e. The monoisotopic (exact) mass is 426 g/mol. The zero-order valence-electron chi connectivity index (χ0n) is 9.01. The van der Waals surface area contributed by atoms with Crippen LogP contribution in [0.5, 0.6) is 0 Å². The number of sulfonamides is 1. The Morgan fingerprint density at radius 3 is 2.47 bits per heavy atom. The molecular weight excluding hydrogens is 423 g/mol. The van der Waals surface area contributed by atoms with Gasteiger partial charge in [-0.25, -0.2) is 23.4 Å². The molecule has 2 rings (SSSR count). The summed E-state index contributed by atoms with van der Waals surface area (Å²) < 4.78 is 27.5. The van der Waals surface area contributed by atoms with E-state index in [1.54, 1.807) is 0 Å². The molecule has 0 aliphatic heterocycles. The van der Waals surface area contributed by atoms with Gasteiger partial charge in [-0.05, 0) is 37.9 Å². The van der Waals surface area contributed by atoms with E-state index in [1.807, 2.05) is 0 Å². The van der Waals surface area contributed by atoms with Crippen LogP contribution in [0.25, 0.3) is 0 Å². The predicted molar refractivity (Wildman–Crippen MR) is 77.5 cm³/mol. The van der Waals surface area contributed by atoms with Crippen molar-refractivity contribution < 1.29 is 8.42 Å². The second kappa shape index (κ2) is 5.70. The minimum Gasteiger partial charge on any atom is -0.262 e. The second-order valence-corrected chi connectivity index (χ2v) is 7.01. The molecule has 6 nitrogen and oxygen atoms in total. The number of rotatable bonds is 3. The fourth-order valence-electron chi connectivity index (χ4n) is 1.15. The molecule has 19 heavy (non-hydrogen) atoms. The summed E-state index contributed by atoms with van der Waals surface area (Å²) in [5.74, 6) is 0.0826. The molecule has 0 unspecified atom stereocenters. The molecule has 0 saturated carbocycles. The van der Waals surface area contributed by atoms with Crippen molar-refractivity contribution in [2.45, 2.75) is 4.90 Å². The van der Waals surface area contributed by atoms with Gasteiger partial charge in [0, 0.05) is 10.7 Å². The number of pyridine rings is 1.